The summed E-state index contributed by atoms with van der Waals surface area (Å²) in [5.74, 6) is 4.79. The fraction of sp³-hybridized carbons (Fsp3) is 0.143. The van der Waals surface area contributed by atoms with E-state index in [9.17, 15) is 4.39 Å². The summed E-state index contributed by atoms with van der Waals surface area (Å²) in [4.78, 5) is 0.598. The maximum Gasteiger partial charge on any atom is 0.161 e. The lowest BCUT2D eigenvalue weighted by atomic mass is 10.3. The average Bonchev–Trinajstić information content (AvgIpc) is 2.05. The smallest absolute Gasteiger partial charge is 0.161 e. The van der Waals surface area contributed by atoms with Crippen LogP contribution in [0, 0.1) is 5.82 Å². The van der Waals surface area contributed by atoms with Gasteiger partial charge in [0.2, 0.25) is 0 Å². The second kappa shape index (κ2) is 3.59. The molecule has 0 aliphatic rings. The van der Waals surface area contributed by atoms with Gasteiger partial charge in [-0.2, -0.15) is 0 Å². The predicted octanol–water partition coefficient (Wildman–Crippen LogP) is 1.83. The average molecular weight is 172 g/mol. The Morgan fingerprint density at radius 2 is 2.27 bits per heavy atom. The number of hydrogen-bond acceptors (Lipinski definition) is 3. The zero-order valence-electron chi connectivity index (χ0n) is 6.10. The molecule has 0 unspecified atom stereocenters. The van der Waals surface area contributed by atoms with E-state index in [1.807, 2.05) is 6.26 Å². The minimum absolute atomic E-state index is 0.289. The summed E-state index contributed by atoms with van der Waals surface area (Å²) in [5.41, 5.74) is 2.61. The predicted molar refractivity (Wildman–Crippen MR) is 46.0 cm³/mol. The van der Waals surface area contributed by atoms with Crippen LogP contribution in [-0.4, -0.2) is 6.26 Å². The van der Waals surface area contributed by atoms with E-state index in [0.29, 0.717) is 10.6 Å². The fourth-order valence-corrected chi connectivity index (χ4v) is 1.28. The van der Waals surface area contributed by atoms with Crippen molar-refractivity contribution in [3.05, 3.63) is 24.0 Å². The summed E-state index contributed by atoms with van der Waals surface area (Å²) in [6, 6.07) is 5.06. The lowest BCUT2D eigenvalue weighted by Crippen LogP contribution is -2.08. The molecule has 0 saturated carbocycles. The maximum absolute atomic E-state index is 13.1. The van der Waals surface area contributed by atoms with Gasteiger partial charge in [-0.25, -0.2) is 4.39 Å². The van der Waals surface area contributed by atoms with Gasteiger partial charge in [0, 0.05) is 4.90 Å². The van der Waals surface area contributed by atoms with E-state index in [1.54, 1.807) is 18.2 Å². The molecule has 0 spiro atoms. The molecular formula is C7H9FN2S. The van der Waals surface area contributed by atoms with Gasteiger partial charge in [-0.05, 0) is 18.4 Å². The first-order valence-corrected chi connectivity index (χ1v) is 4.31. The van der Waals surface area contributed by atoms with E-state index < -0.39 is 0 Å². The number of nitrogens with two attached hydrogens (primary N) is 1. The summed E-state index contributed by atoms with van der Waals surface area (Å²) in [6.45, 7) is 0. The van der Waals surface area contributed by atoms with Crippen molar-refractivity contribution in [2.75, 3.05) is 11.7 Å². The Kier molecular flexibility index (Phi) is 2.73. The van der Waals surface area contributed by atoms with Crippen LogP contribution in [0.4, 0.5) is 10.1 Å². The molecule has 0 radical (unpaired) electrons. The molecule has 0 aliphatic heterocycles. The van der Waals surface area contributed by atoms with Crippen molar-refractivity contribution in [3.8, 4) is 0 Å². The van der Waals surface area contributed by atoms with Crippen molar-refractivity contribution in [1.29, 1.82) is 0 Å². The van der Waals surface area contributed by atoms with E-state index in [-0.39, 0.29) is 5.82 Å². The molecule has 4 heteroatoms. The molecule has 0 heterocycles. The Hall–Kier alpha value is -0.740. The Balaban J connectivity index is 3.10. The molecule has 0 amide bonds. The highest BCUT2D eigenvalue weighted by molar-refractivity contribution is 7.98. The first kappa shape index (κ1) is 8.36. The molecule has 11 heavy (non-hydrogen) atoms. The second-order valence-corrected chi connectivity index (χ2v) is 2.81. The van der Waals surface area contributed by atoms with Crippen LogP contribution < -0.4 is 11.3 Å². The highest BCUT2D eigenvalue weighted by Crippen LogP contribution is 2.23. The molecule has 0 aliphatic carbocycles. The largest absolute Gasteiger partial charge is 0.321 e. The van der Waals surface area contributed by atoms with Crippen LogP contribution in [0.1, 0.15) is 0 Å². The Labute approximate surface area is 68.9 Å². The third-order valence-corrected chi connectivity index (χ3v) is 2.09. The molecule has 1 aromatic carbocycles. The Bertz CT molecular complexity index is 230. The SMILES string of the molecule is CSc1cccc(NN)c1F. The standard InChI is InChI=1S/C7H9FN2S/c1-11-6-4-2-3-5(10-9)7(6)8/h2-4,10H,9H2,1H3. The third-order valence-electron chi connectivity index (χ3n) is 1.34. The van der Waals surface area contributed by atoms with Gasteiger partial charge >= 0.3 is 0 Å². The fourth-order valence-electron chi connectivity index (χ4n) is 0.780. The number of anilines is 1. The number of hydrogen-bond donors (Lipinski definition) is 2. The third kappa shape index (κ3) is 1.64. The number of rotatable bonds is 2. The second-order valence-electron chi connectivity index (χ2n) is 1.97. The minimum atomic E-state index is -0.289. The van der Waals surface area contributed by atoms with E-state index in [1.165, 1.54) is 11.8 Å². The summed E-state index contributed by atoms with van der Waals surface area (Å²) >= 11 is 1.35. The van der Waals surface area contributed by atoms with Gasteiger partial charge in [0.25, 0.3) is 0 Å². The van der Waals surface area contributed by atoms with Crippen LogP contribution in [0.2, 0.25) is 0 Å². The maximum atomic E-state index is 13.1. The molecule has 0 bridgehead atoms. The topological polar surface area (TPSA) is 38.0 Å². The number of nitrogen functional groups attached to an aromatic ring is 1. The molecule has 0 aromatic heterocycles. The van der Waals surface area contributed by atoms with E-state index in [0.717, 1.165) is 0 Å². The molecule has 0 saturated heterocycles. The van der Waals surface area contributed by atoms with Crippen molar-refractivity contribution in [2.24, 2.45) is 5.84 Å². The van der Waals surface area contributed by atoms with Crippen molar-refractivity contribution in [1.82, 2.24) is 0 Å². The first-order valence-electron chi connectivity index (χ1n) is 3.08. The Morgan fingerprint density at radius 3 is 2.82 bits per heavy atom. The van der Waals surface area contributed by atoms with Crippen molar-refractivity contribution in [2.45, 2.75) is 4.90 Å². The van der Waals surface area contributed by atoms with Crippen molar-refractivity contribution < 1.29 is 4.39 Å². The quantitative estimate of drug-likeness (QED) is 0.406. The highest BCUT2D eigenvalue weighted by atomic mass is 32.2. The monoisotopic (exact) mass is 172 g/mol. The first-order chi connectivity index (χ1) is 5.29. The van der Waals surface area contributed by atoms with Crippen LogP contribution in [-0.2, 0) is 0 Å². The summed E-state index contributed by atoms with van der Waals surface area (Å²) in [6.07, 6.45) is 1.82. The van der Waals surface area contributed by atoms with Crippen molar-refractivity contribution >= 4 is 17.4 Å². The van der Waals surface area contributed by atoms with Gasteiger partial charge in [0.05, 0.1) is 5.69 Å². The molecule has 0 atom stereocenters. The van der Waals surface area contributed by atoms with Gasteiger partial charge in [0.1, 0.15) is 0 Å². The summed E-state index contributed by atoms with van der Waals surface area (Å²) in [5, 5.41) is 0. The molecular weight excluding hydrogens is 163 g/mol. The van der Waals surface area contributed by atoms with E-state index in [4.69, 9.17) is 5.84 Å². The molecule has 2 nitrogen and oxygen atoms in total. The van der Waals surface area contributed by atoms with Gasteiger partial charge in [-0.3, -0.25) is 5.84 Å². The number of hydrazine groups is 1. The zero-order chi connectivity index (χ0) is 8.27. The number of benzene rings is 1. The van der Waals surface area contributed by atoms with Crippen LogP contribution in [0.3, 0.4) is 0 Å². The Morgan fingerprint density at radius 1 is 1.55 bits per heavy atom. The van der Waals surface area contributed by atoms with Crippen molar-refractivity contribution in [3.63, 3.8) is 0 Å². The lowest BCUT2D eigenvalue weighted by molar-refractivity contribution is 0.605. The van der Waals surface area contributed by atoms with Crippen LogP contribution in [0.15, 0.2) is 23.1 Å². The van der Waals surface area contributed by atoms with Gasteiger partial charge < -0.3 is 5.43 Å². The minimum Gasteiger partial charge on any atom is -0.321 e. The number of nitrogens with one attached hydrogen (secondary N) is 1. The van der Waals surface area contributed by atoms with Gasteiger partial charge in [-0.1, -0.05) is 6.07 Å². The molecule has 3 N–H and O–H groups in total. The molecule has 0 fully saturated rings. The summed E-state index contributed by atoms with van der Waals surface area (Å²) < 4.78 is 13.1. The van der Waals surface area contributed by atoms with E-state index >= 15 is 0 Å². The van der Waals surface area contributed by atoms with Crippen LogP contribution in [0.5, 0.6) is 0 Å². The zero-order valence-corrected chi connectivity index (χ0v) is 6.91. The normalized spacial score (nSPS) is 9.73. The highest BCUT2D eigenvalue weighted by Gasteiger charge is 2.04. The molecule has 1 aromatic rings. The van der Waals surface area contributed by atoms with E-state index in [2.05, 4.69) is 5.43 Å². The van der Waals surface area contributed by atoms with Crippen LogP contribution >= 0.6 is 11.8 Å². The van der Waals surface area contributed by atoms with Crippen LogP contribution in [0.25, 0.3) is 0 Å². The number of halogens is 1. The molecule has 1 rings (SSSR count). The lowest BCUT2D eigenvalue weighted by Gasteiger charge is -2.03. The van der Waals surface area contributed by atoms with Gasteiger partial charge in [0.15, 0.2) is 5.82 Å². The van der Waals surface area contributed by atoms with Gasteiger partial charge in [-0.15, -0.1) is 11.8 Å². The number of thioether (sulfide) groups is 1. The summed E-state index contributed by atoms with van der Waals surface area (Å²) in [7, 11) is 0. The molecule has 60 valence electrons.